The molecule has 8 nitrogen and oxygen atoms in total. The lowest BCUT2D eigenvalue weighted by molar-refractivity contribution is 0.0576. The van der Waals surface area contributed by atoms with Crippen molar-refractivity contribution < 1.29 is 23.5 Å². The van der Waals surface area contributed by atoms with Crippen molar-refractivity contribution in [3.05, 3.63) is 70.9 Å². The van der Waals surface area contributed by atoms with Gasteiger partial charge in [0.15, 0.2) is 11.5 Å². The second-order valence-corrected chi connectivity index (χ2v) is 8.46. The number of rotatable bonds is 7. The number of methoxy groups -OCH3 is 1. The first kappa shape index (κ1) is 21.2. The Balaban J connectivity index is 1.56. The highest BCUT2D eigenvalue weighted by Crippen LogP contribution is 2.39. The van der Waals surface area contributed by atoms with Gasteiger partial charge in [0.25, 0.3) is 11.8 Å². The molecule has 0 radical (unpaired) electrons. The Morgan fingerprint density at radius 2 is 1.94 bits per heavy atom. The third kappa shape index (κ3) is 3.86. The third-order valence-corrected chi connectivity index (χ3v) is 6.41. The Morgan fingerprint density at radius 1 is 1.12 bits per heavy atom. The van der Waals surface area contributed by atoms with Gasteiger partial charge in [0.1, 0.15) is 0 Å². The number of ether oxygens (including phenoxy) is 2. The Labute approximate surface area is 191 Å². The highest BCUT2D eigenvalue weighted by molar-refractivity contribution is 6.22. The maximum atomic E-state index is 13.4. The lowest BCUT2D eigenvalue weighted by Crippen LogP contribution is -2.35. The van der Waals surface area contributed by atoms with Gasteiger partial charge in [0, 0.05) is 0 Å². The molecule has 170 valence electrons. The van der Waals surface area contributed by atoms with Crippen LogP contribution in [0.2, 0.25) is 0 Å². The molecule has 0 N–H and O–H groups in total. The molecule has 1 aliphatic carbocycles. The highest BCUT2D eigenvalue weighted by atomic mass is 16.5. The molecule has 33 heavy (non-hydrogen) atoms. The molecule has 1 fully saturated rings. The van der Waals surface area contributed by atoms with E-state index in [2.05, 4.69) is 10.2 Å². The molecule has 3 aromatic rings. The Hall–Kier alpha value is -3.68. The largest absolute Gasteiger partial charge is 0.493 e. The summed E-state index contributed by atoms with van der Waals surface area (Å²) in [6.45, 7) is 1.83. The standard InChI is InChI=1S/C25H25N3O5/c1-15-6-5-9-18-23(15)25(30)28(24(18)29)19(13-22-27-26-14-32-22)16-10-11-20(31-2)21(12-16)33-17-7-3-4-8-17/h5-6,9-12,14,17,19H,3-4,7-8,13H2,1-2H3. The van der Waals surface area contributed by atoms with Crippen LogP contribution in [0.3, 0.4) is 0 Å². The summed E-state index contributed by atoms with van der Waals surface area (Å²) >= 11 is 0. The number of carbonyl (C=O) groups is 2. The minimum atomic E-state index is -0.644. The number of aryl methyl sites for hydroxylation is 1. The maximum Gasteiger partial charge on any atom is 0.262 e. The van der Waals surface area contributed by atoms with Crippen LogP contribution in [0.4, 0.5) is 0 Å². The van der Waals surface area contributed by atoms with Gasteiger partial charge in [-0.2, -0.15) is 0 Å². The van der Waals surface area contributed by atoms with Gasteiger partial charge >= 0.3 is 0 Å². The molecular formula is C25H25N3O5. The summed E-state index contributed by atoms with van der Waals surface area (Å²) in [7, 11) is 1.60. The molecule has 2 amide bonds. The number of nitrogens with zero attached hydrogens (tertiary/aromatic N) is 3. The summed E-state index contributed by atoms with van der Waals surface area (Å²) in [5.74, 6) is 0.886. The molecule has 1 aromatic heterocycles. The molecule has 1 unspecified atom stereocenters. The normalized spacial score (nSPS) is 16.8. The van der Waals surface area contributed by atoms with Crippen LogP contribution < -0.4 is 9.47 Å². The lowest BCUT2D eigenvalue weighted by atomic mass is 10.0. The average Bonchev–Trinajstić information content (AvgIpc) is 3.56. The van der Waals surface area contributed by atoms with E-state index in [0.717, 1.165) is 36.8 Å². The number of carbonyl (C=O) groups excluding carboxylic acids is 2. The van der Waals surface area contributed by atoms with Crippen LogP contribution in [0.25, 0.3) is 0 Å². The Kier molecular flexibility index (Phi) is 5.58. The molecule has 0 spiro atoms. The van der Waals surface area contributed by atoms with E-state index in [9.17, 15) is 9.59 Å². The molecule has 1 aliphatic heterocycles. The molecular weight excluding hydrogens is 422 g/mol. The summed E-state index contributed by atoms with van der Waals surface area (Å²) in [5.41, 5.74) is 2.35. The quantitative estimate of drug-likeness (QED) is 0.499. The minimum Gasteiger partial charge on any atom is -0.493 e. The predicted molar refractivity (Wildman–Crippen MR) is 118 cm³/mol. The van der Waals surface area contributed by atoms with E-state index in [0.29, 0.717) is 28.5 Å². The molecule has 0 bridgehead atoms. The van der Waals surface area contributed by atoms with Crippen molar-refractivity contribution in [1.82, 2.24) is 15.1 Å². The molecule has 0 saturated heterocycles. The monoisotopic (exact) mass is 447 g/mol. The number of aromatic nitrogens is 2. The summed E-state index contributed by atoms with van der Waals surface area (Å²) in [5, 5.41) is 7.74. The molecule has 8 heteroatoms. The van der Waals surface area contributed by atoms with Gasteiger partial charge in [-0.15, -0.1) is 10.2 Å². The first-order valence-electron chi connectivity index (χ1n) is 11.1. The summed E-state index contributed by atoms with van der Waals surface area (Å²) in [6.07, 6.45) is 5.83. The van der Waals surface area contributed by atoms with E-state index < -0.39 is 6.04 Å². The number of benzene rings is 2. The van der Waals surface area contributed by atoms with Crippen molar-refractivity contribution in [2.75, 3.05) is 7.11 Å². The molecule has 2 heterocycles. The zero-order valence-corrected chi connectivity index (χ0v) is 18.6. The minimum absolute atomic E-state index is 0.130. The van der Waals surface area contributed by atoms with Gasteiger partial charge in [-0.3, -0.25) is 14.5 Å². The van der Waals surface area contributed by atoms with Gasteiger partial charge in [-0.25, -0.2) is 0 Å². The molecule has 2 aromatic carbocycles. The number of hydrogen-bond donors (Lipinski definition) is 0. The number of hydrogen-bond acceptors (Lipinski definition) is 7. The molecule has 2 aliphatic rings. The second kappa shape index (κ2) is 8.69. The van der Waals surface area contributed by atoms with Gasteiger partial charge < -0.3 is 13.9 Å². The van der Waals surface area contributed by atoms with Gasteiger partial charge in [0.05, 0.1) is 36.8 Å². The Bertz CT molecular complexity index is 1180. The van der Waals surface area contributed by atoms with Crippen LogP contribution in [-0.4, -0.2) is 40.1 Å². The first-order chi connectivity index (χ1) is 16.1. The zero-order valence-electron chi connectivity index (χ0n) is 18.6. The van der Waals surface area contributed by atoms with Crippen LogP contribution in [0, 0.1) is 6.92 Å². The summed E-state index contributed by atoms with van der Waals surface area (Å²) < 4.78 is 17.1. The van der Waals surface area contributed by atoms with Crippen LogP contribution in [0.15, 0.2) is 47.2 Å². The van der Waals surface area contributed by atoms with Crippen molar-refractivity contribution >= 4 is 11.8 Å². The topological polar surface area (TPSA) is 94.8 Å². The average molecular weight is 447 g/mol. The summed E-state index contributed by atoms with van der Waals surface area (Å²) in [4.78, 5) is 28.1. The predicted octanol–water partition coefficient (Wildman–Crippen LogP) is 4.29. The molecule has 5 rings (SSSR count). The number of amides is 2. The van der Waals surface area contributed by atoms with Crippen LogP contribution in [-0.2, 0) is 6.42 Å². The van der Waals surface area contributed by atoms with E-state index >= 15 is 0 Å². The zero-order chi connectivity index (χ0) is 22.9. The maximum absolute atomic E-state index is 13.4. The van der Waals surface area contributed by atoms with E-state index in [4.69, 9.17) is 13.9 Å². The van der Waals surface area contributed by atoms with Crippen molar-refractivity contribution in [3.63, 3.8) is 0 Å². The Morgan fingerprint density at radius 3 is 2.64 bits per heavy atom. The fraction of sp³-hybridized carbons (Fsp3) is 0.360. The SMILES string of the molecule is COc1ccc(C(Cc2nnco2)N2C(=O)c3cccc(C)c3C2=O)cc1OC1CCCC1. The van der Waals surface area contributed by atoms with Gasteiger partial charge in [-0.1, -0.05) is 18.2 Å². The van der Waals surface area contributed by atoms with Gasteiger partial charge in [0.2, 0.25) is 12.3 Å². The van der Waals surface area contributed by atoms with Crippen LogP contribution >= 0.6 is 0 Å². The smallest absolute Gasteiger partial charge is 0.262 e. The van der Waals surface area contributed by atoms with E-state index in [1.54, 1.807) is 19.2 Å². The fourth-order valence-corrected chi connectivity index (χ4v) is 4.74. The lowest BCUT2D eigenvalue weighted by Gasteiger charge is -2.27. The van der Waals surface area contributed by atoms with Crippen molar-refractivity contribution in [1.29, 1.82) is 0 Å². The van der Waals surface area contributed by atoms with Crippen LogP contribution in [0.5, 0.6) is 11.5 Å². The molecule has 1 saturated carbocycles. The van der Waals surface area contributed by atoms with E-state index in [1.807, 2.05) is 31.2 Å². The molecule has 1 atom stereocenters. The van der Waals surface area contributed by atoms with Gasteiger partial charge in [-0.05, 0) is 61.9 Å². The van der Waals surface area contributed by atoms with Crippen LogP contribution in [0.1, 0.15) is 69.5 Å². The highest BCUT2D eigenvalue weighted by Gasteiger charge is 2.42. The third-order valence-electron chi connectivity index (χ3n) is 6.41. The first-order valence-corrected chi connectivity index (χ1v) is 11.1. The van der Waals surface area contributed by atoms with Crippen molar-refractivity contribution in [2.45, 2.75) is 51.2 Å². The number of fused-ring (bicyclic) bond motifs is 1. The van der Waals surface area contributed by atoms with Crippen molar-refractivity contribution in [2.24, 2.45) is 0 Å². The second-order valence-electron chi connectivity index (χ2n) is 8.46. The van der Waals surface area contributed by atoms with Crippen molar-refractivity contribution in [3.8, 4) is 11.5 Å². The summed E-state index contributed by atoms with van der Waals surface area (Å²) in [6, 6.07) is 10.2. The number of imide groups is 1. The fourth-order valence-electron chi connectivity index (χ4n) is 4.74. The van der Waals surface area contributed by atoms with E-state index in [1.165, 1.54) is 11.3 Å². The van der Waals surface area contributed by atoms with E-state index in [-0.39, 0.29) is 24.3 Å².